The molecule has 3 saturated carbocycles. The second-order valence-electron chi connectivity index (χ2n) is 7.32. The average molecular weight is 263 g/mol. The van der Waals surface area contributed by atoms with E-state index in [-0.39, 0.29) is 0 Å². The molecule has 0 aromatic carbocycles. The molecule has 1 heteroatoms. The minimum absolute atomic E-state index is 0.958. The number of rotatable bonds is 3. The van der Waals surface area contributed by atoms with Gasteiger partial charge in [0.15, 0.2) is 0 Å². The minimum Gasteiger partial charge on any atom is -0.162 e. The zero-order chi connectivity index (χ0) is 12.9. The summed E-state index contributed by atoms with van der Waals surface area (Å²) in [5, 5.41) is 0. The van der Waals surface area contributed by atoms with E-state index in [1.807, 2.05) is 0 Å². The fourth-order valence-electron chi connectivity index (χ4n) is 5.03. The predicted octanol–water partition coefficient (Wildman–Crippen LogP) is 5.12. The van der Waals surface area contributed by atoms with Crippen LogP contribution in [-0.4, -0.2) is 18.1 Å². The van der Waals surface area contributed by atoms with Crippen molar-refractivity contribution in [3.63, 3.8) is 0 Å². The smallest absolute Gasteiger partial charge is 0.133 e. The van der Waals surface area contributed by atoms with Crippen LogP contribution in [0.3, 0.4) is 0 Å². The molecule has 0 atom stereocenters. The van der Waals surface area contributed by atoms with Crippen LogP contribution in [0.4, 0.5) is 0 Å². The molecule has 0 bridgehead atoms. The van der Waals surface area contributed by atoms with E-state index in [2.05, 4.69) is 4.90 Å². The molecule has 0 aliphatic heterocycles. The highest BCUT2D eigenvalue weighted by atomic mass is 15.2. The Labute approximate surface area is 120 Å². The molecule has 0 aromatic rings. The summed E-state index contributed by atoms with van der Waals surface area (Å²) >= 11 is 0. The molecule has 3 aliphatic rings. The second-order valence-corrected chi connectivity index (χ2v) is 7.32. The molecule has 0 N–H and O–H groups in total. The van der Waals surface area contributed by atoms with Gasteiger partial charge in [-0.05, 0) is 38.5 Å². The van der Waals surface area contributed by atoms with Crippen molar-refractivity contribution in [1.82, 2.24) is 4.90 Å². The summed E-state index contributed by atoms with van der Waals surface area (Å²) in [5.41, 5.74) is 0. The maximum Gasteiger partial charge on any atom is 0.133 e. The summed E-state index contributed by atoms with van der Waals surface area (Å²) < 4.78 is 0. The monoisotopic (exact) mass is 263 g/mol. The van der Waals surface area contributed by atoms with Crippen LogP contribution in [0.2, 0.25) is 0 Å². The quantitative estimate of drug-likeness (QED) is 0.623. The molecule has 0 unspecified atom stereocenters. The van der Waals surface area contributed by atoms with E-state index in [9.17, 15) is 0 Å². The average Bonchev–Trinajstić information content (AvgIpc) is 2.51. The van der Waals surface area contributed by atoms with Crippen molar-refractivity contribution in [2.45, 2.75) is 114 Å². The maximum atomic E-state index is 3.08. The highest BCUT2D eigenvalue weighted by Crippen LogP contribution is 2.33. The first kappa shape index (κ1) is 13.9. The van der Waals surface area contributed by atoms with Gasteiger partial charge in [0, 0.05) is 38.5 Å². The lowest BCUT2D eigenvalue weighted by atomic mass is 9.84. The number of hydrogen-bond acceptors (Lipinski definition) is 1. The lowest BCUT2D eigenvalue weighted by Gasteiger charge is -2.38. The first-order valence-electron chi connectivity index (χ1n) is 9.22. The normalized spacial score (nSPS) is 28.9. The summed E-state index contributed by atoms with van der Waals surface area (Å²) in [6.45, 7) is 0. The molecule has 0 heterocycles. The number of nitrogens with zero attached hydrogens (tertiary/aromatic N) is 1. The van der Waals surface area contributed by atoms with Crippen molar-refractivity contribution in [3.8, 4) is 0 Å². The SMILES string of the molecule is C1CCC([N+](C2CCCCC2)C2CCCCC2)CC1. The summed E-state index contributed by atoms with van der Waals surface area (Å²) in [4.78, 5) is 3.08. The van der Waals surface area contributed by atoms with E-state index in [1.165, 1.54) is 96.3 Å². The van der Waals surface area contributed by atoms with Crippen molar-refractivity contribution in [2.75, 3.05) is 0 Å². The van der Waals surface area contributed by atoms with Crippen molar-refractivity contribution in [3.05, 3.63) is 0 Å². The Kier molecular flexibility index (Phi) is 5.21. The molecule has 0 amide bonds. The van der Waals surface area contributed by atoms with E-state index < -0.39 is 0 Å². The van der Waals surface area contributed by atoms with E-state index in [4.69, 9.17) is 0 Å². The van der Waals surface area contributed by atoms with Gasteiger partial charge in [-0.25, -0.2) is 0 Å². The Morgan fingerprint density at radius 1 is 0.368 bits per heavy atom. The third-order valence-electron chi connectivity index (χ3n) is 5.99. The van der Waals surface area contributed by atoms with Crippen molar-refractivity contribution in [2.24, 2.45) is 0 Å². The van der Waals surface area contributed by atoms with Gasteiger partial charge in [-0.3, -0.25) is 0 Å². The van der Waals surface area contributed by atoms with Crippen molar-refractivity contribution >= 4 is 0 Å². The third kappa shape index (κ3) is 3.54. The van der Waals surface area contributed by atoms with E-state index in [0.717, 1.165) is 18.1 Å². The topological polar surface area (TPSA) is 5.90 Å². The van der Waals surface area contributed by atoms with Crippen LogP contribution >= 0.6 is 0 Å². The van der Waals surface area contributed by atoms with E-state index in [0.29, 0.717) is 0 Å². The fourth-order valence-corrected chi connectivity index (χ4v) is 5.03. The Bertz CT molecular complexity index is 202. The summed E-state index contributed by atoms with van der Waals surface area (Å²) in [6.07, 6.45) is 22.5. The first-order chi connectivity index (χ1) is 9.45. The summed E-state index contributed by atoms with van der Waals surface area (Å²) in [5.74, 6) is 0. The molecule has 0 spiro atoms. The molecule has 1 radical (unpaired) electrons. The van der Waals surface area contributed by atoms with Crippen molar-refractivity contribution in [1.29, 1.82) is 0 Å². The first-order valence-corrected chi connectivity index (χ1v) is 9.22. The molecule has 109 valence electrons. The Hall–Kier alpha value is -0.0400. The van der Waals surface area contributed by atoms with Gasteiger partial charge in [-0.2, -0.15) is 4.90 Å². The lowest BCUT2D eigenvalue weighted by molar-refractivity contribution is 0.110. The van der Waals surface area contributed by atoms with Crippen LogP contribution < -0.4 is 4.90 Å². The van der Waals surface area contributed by atoms with Gasteiger partial charge in [0.2, 0.25) is 0 Å². The van der Waals surface area contributed by atoms with E-state index >= 15 is 0 Å². The Morgan fingerprint density at radius 2 is 0.632 bits per heavy atom. The second kappa shape index (κ2) is 7.11. The van der Waals surface area contributed by atoms with Crippen LogP contribution in [0.25, 0.3) is 0 Å². The number of hydrogen-bond donors (Lipinski definition) is 0. The zero-order valence-electron chi connectivity index (χ0n) is 12.8. The highest BCUT2D eigenvalue weighted by Gasteiger charge is 2.42. The molecule has 3 fully saturated rings. The standard InChI is InChI=1S/C18H33N/c1-4-10-16(11-5-1)19(17-12-6-2-7-13-17)18-14-8-3-9-15-18/h16-18H,1-15H2/q+1. The third-order valence-corrected chi connectivity index (χ3v) is 5.99. The molecule has 3 rings (SSSR count). The van der Waals surface area contributed by atoms with Gasteiger partial charge in [-0.15, -0.1) is 0 Å². The van der Waals surface area contributed by atoms with E-state index in [1.54, 1.807) is 0 Å². The highest BCUT2D eigenvalue weighted by molar-refractivity contribution is 4.93. The maximum absolute atomic E-state index is 3.08. The van der Waals surface area contributed by atoms with Crippen LogP contribution in [-0.2, 0) is 0 Å². The Balaban J connectivity index is 1.68. The van der Waals surface area contributed by atoms with Gasteiger partial charge in [0.05, 0.1) is 0 Å². The van der Waals surface area contributed by atoms with Crippen LogP contribution in [0.5, 0.6) is 0 Å². The van der Waals surface area contributed by atoms with Gasteiger partial charge in [0.25, 0.3) is 0 Å². The molecule has 1 nitrogen and oxygen atoms in total. The lowest BCUT2D eigenvalue weighted by Crippen LogP contribution is -2.56. The molecule has 3 aliphatic carbocycles. The van der Waals surface area contributed by atoms with Gasteiger partial charge in [0.1, 0.15) is 18.1 Å². The molecule has 0 saturated heterocycles. The minimum atomic E-state index is 0.958. The van der Waals surface area contributed by atoms with Gasteiger partial charge >= 0.3 is 0 Å². The van der Waals surface area contributed by atoms with Gasteiger partial charge in [-0.1, -0.05) is 19.3 Å². The summed E-state index contributed by atoms with van der Waals surface area (Å²) in [6, 6.07) is 2.87. The molecule has 0 aromatic heterocycles. The van der Waals surface area contributed by atoms with Crippen LogP contribution in [0.15, 0.2) is 0 Å². The summed E-state index contributed by atoms with van der Waals surface area (Å²) in [7, 11) is 0. The molecule has 19 heavy (non-hydrogen) atoms. The predicted molar refractivity (Wildman–Crippen MR) is 82.8 cm³/mol. The fraction of sp³-hybridized carbons (Fsp3) is 1.00. The van der Waals surface area contributed by atoms with Crippen LogP contribution in [0, 0.1) is 0 Å². The molecular weight excluding hydrogens is 230 g/mol. The zero-order valence-corrected chi connectivity index (χ0v) is 12.8. The molecular formula is C18H33N+. The Morgan fingerprint density at radius 3 is 0.895 bits per heavy atom. The van der Waals surface area contributed by atoms with Crippen LogP contribution in [0.1, 0.15) is 96.3 Å². The largest absolute Gasteiger partial charge is 0.162 e. The van der Waals surface area contributed by atoms with Crippen molar-refractivity contribution < 1.29 is 0 Å². The van der Waals surface area contributed by atoms with Gasteiger partial charge < -0.3 is 0 Å².